The molecule has 1 rings (SSSR count). The lowest BCUT2D eigenvalue weighted by Gasteiger charge is -2.25. The monoisotopic (exact) mass is 250 g/mol. The number of nitrogens with zero attached hydrogens (tertiary/aromatic N) is 1. The van der Waals surface area contributed by atoms with E-state index in [-0.39, 0.29) is 6.04 Å². The van der Waals surface area contributed by atoms with Crippen molar-refractivity contribution in [3.8, 4) is 0 Å². The summed E-state index contributed by atoms with van der Waals surface area (Å²) in [5, 5.41) is 0. The predicted molar refractivity (Wildman–Crippen MR) is 74.9 cm³/mol. The Labute approximate surface area is 105 Å². The molecule has 0 saturated heterocycles. The minimum absolute atomic E-state index is 0.0521. The summed E-state index contributed by atoms with van der Waals surface area (Å²) in [6.07, 6.45) is 4.59. The molecule has 0 spiro atoms. The van der Waals surface area contributed by atoms with E-state index in [1.54, 1.807) is 6.20 Å². The van der Waals surface area contributed by atoms with Crippen LogP contribution in [-0.2, 0) is 4.43 Å². The summed E-state index contributed by atoms with van der Waals surface area (Å²) >= 11 is 0. The SMILES string of the molecule is CCC(N)/C(=C\c1ccccn1)O[Si](C)(C)C. The number of hydrogen-bond donors (Lipinski definition) is 1. The van der Waals surface area contributed by atoms with Crippen LogP contribution in [0.4, 0.5) is 0 Å². The minimum Gasteiger partial charge on any atom is -0.546 e. The highest BCUT2D eigenvalue weighted by Gasteiger charge is 2.20. The zero-order chi connectivity index (χ0) is 12.9. The molecule has 0 aliphatic carbocycles. The Morgan fingerprint density at radius 2 is 2.18 bits per heavy atom. The highest BCUT2D eigenvalue weighted by atomic mass is 28.4. The molecule has 94 valence electrons. The molecule has 0 fully saturated rings. The van der Waals surface area contributed by atoms with Crippen LogP contribution in [0.2, 0.25) is 19.6 Å². The van der Waals surface area contributed by atoms with Gasteiger partial charge < -0.3 is 10.2 Å². The van der Waals surface area contributed by atoms with Crippen molar-refractivity contribution in [3.63, 3.8) is 0 Å². The van der Waals surface area contributed by atoms with Gasteiger partial charge in [0.25, 0.3) is 0 Å². The average molecular weight is 250 g/mol. The predicted octanol–water partition coefficient (Wildman–Crippen LogP) is 3.01. The van der Waals surface area contributed by atoms with Crippen LogP contribution in [0.25, 0.3) is 6.08 Å². The van der Waals surface area contributed by atoms with Crippen molar-refractivity contribution in [1.29, 1.82) is 0 Å². The van der Waals surface area contributed by atoms with Crippen LogP contribution in [-0.4, -0.2) is 19.3 Å². The zero-order valence-electron chi connectivity index (χ0n) is 11.1. The van der Waals surface area contributed by atoms with Gasteiger partial charge in [-0.05, 0) is 38.2 Å². The first kappa shape index (κ1) is 13.9. The van der Waals surface area contributed by atoms with Gasteiger partial charge in [-0.2, -0.15) is 0 Å². The molecule has 3 nitrogen and oxygen atoms in total. The standard InChI is InChI=1S/C13H22N2OSi/c1-5-12(14)13(16-17(2,3)4)10-11-8-6-7-9-15-11/h6-10,12H,5,14H2,1-4H3/b13-10+. The quantitative estimate of drug-likeness (QED) is 0.645. The van der Waals surface area contributed by atoms with E-state index >= 15 is 0 Å². The van der Waals surface area contributed by atoms with E-state index in [1.807, 2.05) is 24.3 Å². The number of aromatic nitrogens is 1. The zero-order valence-corrected chi connectivity index (χ0v) is 12.1. The molecule has 0 aliphatic heterocycles. The third kappa shape index (κ3) is 5.15. The van der Waals surface area contributed by atoms with Crippen LogP contribution in [0, 0.1) is 0 Å². The maximum absolute atomic E-state index is 6.07. The summed E-state index contributed by atoms with van der Waals surface area (Å²) in [5.41, 5.74) is 6.97. The summed E-state index contributed by atoms with van der Waals surface area (Å²) in [6.45, 7) is 8.52. The van der Waals surface area contributed by atoms with E-state index in [9.17, 15) is 0 Å². The largest absolute Gasteiger partial charge is 0.546 e. The second kappa shape index (κ2) is 5.98. The topological polar surface area (TPSA) is 48.1 Å². The molecule has 0 saturated carbocycles. The van der Waals surface area contributed by atoms with Gasteiger partial charge in [0.2, 0.25) is 8.32 Å². The first-order valence-corrected chi connectivity index (χ1v) is 9.40. The summed E-state index contributed by atoms with van der Waals surface area (Å²) < 4.78 is 6.03. The number of pyridine rings is 1. The highest BCUT2D eigenvalue weighted by molar-refractivity contribution is 6.70. The highest BCUT2D eigenvalue weighted by Crippen LogP contribution is 2.17. The summed E-state index contributed by atoms with van der Waals surface area (Å²) in [5.74, 6) is 0.852. The Hall–Kier alpha value is -1.13. The lowest BCUT2D eigenvalue weighted by Crippen LogP contribution is -2.32. The molecule has 1 aromatic heterocycles. The molecule has 1 unspecified atom stereocenters. The van der Waals surface area contributed by atoms with Gasteiger partial charge in [0, 0.05) is 12.3 Å². The summed E-state index contributed by atoms with van der Waals surface area (Å²) in [6, 6.07) is 5.76. The van der Waals surface area contributed by atoms with Crippen LogP contribution in [0.15, 0.2) is 30.2 Å². The van der Waals surface area contributed by atoms with E-state index in [0.717, 1.165) is 17.9 Å². The van der Waals surface area contributed by atoms with Gasteiger partial charge in [-0.15, -0.1) is 0 Å². The van der Waals surface area contributed by atoms with Gasteiger partial charge in [-0.1, -0.05) is 13.0 Å². The molecule has 2 N–H and O–H groups in total. The summed E-state index contributed by atoms with van der Waals surface area (Å²) in [7, 11) is -1.63. The van der Waals surface area contributed by atoms with Crippen LogP contribution in [0.1, 0.15) is 19.0 Å². The lowest BCUT2D eigenvalue weighted by atomic mass is 10.2. The van der Waals surface area contributed by atoms with Crippen molar-refractivity contribution in [2.75, 3.05) is 0 Å². The molecule has 0 aliphatic rings. The van der Waals surface area contributed by atoms with Gasteiger partial charge in [-0.25, -0.2) is 0 Å². The fourth-order valence-electron chi connectivity index (χ4n) is 1.37. The Kier molecular flexibility index (Phi) is 4.90. The van der Waals surface area contributed by atoms with Crippen molar-refractivity contribution >= 4 is 14.4 Å². The second-order valence-electron chi connectivity index (χ2n) is 5.03. The smallest absolute Gasteiger partial charge is 0.241 e. The first-order valence-electron chi connectivity index (χ1n) is 5.99. The van der Waals surface area contributed by atoms with Crippen molar-refractivity contribution < 1.29 is 4.43 Å². The molecule has 0 radical (unpaired) electrons. The Bertz CT molecular complexity index is 371. The van der Waals surface area contributed by atoms with Crippen molar-refractivity contribution in [2.45, 2.75) is 39.0 Å². The fraction of sp³-hybridized carbons (Fsp3) is 0.462. The summed E-state index contributed by atoms with van der Waals surface area (Å²) in [4.78, 5) is 4.27. The molecule has 0 amide bonds. The van der Waals surface area contributed by atoms with Gasteiger partial charge in [0.15, 0.2) is 0 Å². The molecular formula is C13H22N2OSi. The van der Waals surface area contributed by atoms with Gasteiger partial charge >= 0.3 is 0 Å². The third-order valence-corrected chi connectivity index (χ3v) is 3.06. The number of hydrogen-bond acceptors (Lipinski definition) is 3. The molecule has 4 heteroatoms. The van der Waals surface area contributed by atoms with E-state index in [0.29, 0.717) is 0 Å². The Balaban J connectivity index is 2.94. The van der Waals surface area contributed by atoms with Crippen molar-refractivity contribution in [3.05, 3.63) is 35.8 Å². The van der Waals surface area contributed by atoms with Crippen LogP contribution < -0.4 is 5.73 Å². The van der Waals surface area contributed by atoms with Crippen LogP contribution in [0.5, 0.6) is 0 Å². The van der Waals surface area contributed by atoms with E-state index in [1.165, 1.54) is 0 Å². The maximum Gasteiger partial charge on any atom is 0.241 e. The Morgan fingerprint density at radius 1 is 1.47 bits per heavy atom. The molecule has 1 aromatic rings. The van der Waals surface area contributed by atoms with Crippen LogP contribution >= 0.6 is 0 Å². The maximum atomic E-state index is 6.07. The van der Waals surface area contributed by atoms with E-state index in [2.05, 4.69) is 31.5 Å². The molecule has 17 heavy (non-hydrogen) atoms. The third-order valence-electron chi connectivity index (χ3n) is 2.21. The molecular weight excluding hydrogens is 228 g/mol. The molecule has 0 aromatic carbocycles. The average Bonchev–Trinajstić information content (AvgIpc) is 2.27. The van der Waals surface area contributed by atoms with Gasteiger partial charge in [0.1, 0.15) is 0 Å². The van der Waals surface area contributed by atoms with E-state index < -0.39 is 8.32 Å². The minimum atomic E-state index is -1.63. The number of nitrogens with two attached hydrogens (primary N) is 1. The lowest BCUT2D eigenvalue weighted by molar-refractivity contribution is 0.380. The van der Waals surface area contributed by atoms with Crippen LogP contribution in [0.3, 0.4) is 0 Å². The number of rotatable bonds is 5. The van der Waals surface area contributed by atoms with Crippen molar-refractivity contribution in [1.82, 2.24) is 4.98 Å². The molecule has 0 bridgehead atoms. The first-order chi connectivity index (χ1) is 7.92. The normalized spacial score (nSPS) is 14.5. The fourth-order valence-corrected chi connectivity index (χ4v) is 2.29. The second-order valence-corrected chi connectivity index (χ2v) is 9.46. The Morgan fingerprint density at radius 3 is 2.65 bits per heavy atom. The molecule has 1 heterocycles. The van der Waals surface area contributed by atoms with Gasteiger partial charge in [-0.3, -0.25) is 4.98 Å². The van der Waals surface area contributed by atoms with Gasteiger partial charge in [0.05, 0.1) is 17.5 Å². The van der Waals surface area contributed by atoms with Crippen molar-refractivity contribution in [2.24, 2.45) is 5.73 Å². The van der Waals surface area contributed by atoms with E-state index in [4.69, 9.17) is 10.2 Å². The molecule has 1 atom stereocenters.